The maximum absolute atomic E-state index is 10.5. The van der Waals surface area contributed by atoms with Gasteiger partial charge >= 0.3 is 103 Å². The summed E-state index contributed by atoms with van der Waals surface area (Å²) >= 11 is 0. The van der Waals surface area contributed by atoms with Crippen molar-refractivity contribution in [2.24, 2.45) is 11.8 Å². The second-order valence-electron chi connectivity index (χ2n) is 3.02. The quantitative estimate of drug-likeness (QED) is 0.0870. The van der Waals surface area contributed by atoms with Gasteiger partial charge < -0.3 is 36.2 Å². The van der Waals surface area contributed by atoms with Crippen molar-refractivity contribution in [3.63, 3.8) is 0 Å². The van der Waals surface area contributed by atoms with Gasteiger partial charge in [0.2, 0.25) is 5.91 Å². The molecule has 0 saturated carbocycles. The average Bonchev–Trinajstić information content (AvgIpc) is 2.55. The summed E-state index contributed by atoms with van der Waals surface area (Å²) in [5, 5.41) is 16.0. The monoisotopic (exact) mass is 602 g/mol. The van der Waals surface area contributed by atoms with Crippen molar-refractivity contribution >= 4 is 30.3 Å². The standard InChI is InChI=1S/C5H10NO2P.C4H8NO2P.2C2H6.2K.W/c1-3(4(2)9)5(7)6-8;1-3(2-8)4(6)5-7;2*1-2;;;/h3-4,8H,1-2,9H2,(H,6,7);2-3,7H,1,8H2,(H,5,6);2*1-2H3;;;/q2*-2;;;2*+1;/t3?,4-;;;;;;/m0....../s1. The van der Waals surface area contributed by atoms with Crippen molar-refractivity contribution in [1.82, 2.24) is 11.0 Å². The first kappa shape index (κ1) is 46.1. The van der Waals surface area contributed by atoms with E-state index in [2.05, 4.69) is 39.3 Å². The van der Waals surface area contributed by atoms with Gasteiger partial charge in [-0.2, -0.15) is 14.9 Å². The summed E-state index contributed by atoms with van der Waals surface area (Å²) < 4.78 is 0. The molecule has 24 heavy (non-hydrogen) atoms. The molecule has 0 aromatic rings. The van der Waals surface area contributed by atoms with Gasteiger partial charge in [0.15, 0.2) is 5.91 Å². The molecule has 11 heteroatoms. The topological polar surface area (TPSA) is 98.7 Å². The Labute approximate surface area is 252 Å². The molecule has 0 heterocycles. The molecule has 0 aliphatic rings. The van der Waals surface area contributed by atoms with Crippen LogP contribution in [0.5, 0.6) is 0 Å². The fourth-order valence-corrected chi connectivity index (χ4v) is 0.797. The molecule has 0 bridgehead atoms. The van der Waals surface area contributed by atoms with E-state index in [0.29, 0.717) is 0 Å². The van der Waals surface area contributed by atoms with E-state index < -0.39 is 23.7 Å². The molecule has 0 aromatic carbocycles. The van der Waals surface area contributed by atoms with Crippen LogP contribution < -0.4 is 114 Å². The average molecular weight is 602 g/mol. The van der Waals surface area contributed by atoms with Gasteiger partial charge in [-0.1, -0.05) is 27.7 Å². The van der Waals surface area contributed by atoms with Gasteiger partial charge in [0.1, 0.15) is 0 Å². The van der Waals surface area contributed by atoms with Crippen molar-refractivity contribution < 1.29 is 144 Å². The number of carbonyl (C=O) groups is 2. The summed E-state index contributed by atoms with van der Waals surface area (Å²) in [7, 11) is 4.56. The minimum atomic E-state index is -0.514. The van der Waals surface area contributed by atoms with Gasteiger partial charge in [0, 0.05) is 21.1 Å². The fourth-order valence-electron chi connectivity index (χ4n) is 0.448. The Hall–Kier alpha value is 3.68. The molecule has 0 aromatic heterocycles. The molecule has 0 aliphatic heterocycles. The van der Waals surface area contributed by atoms with Crippen LogP contribution >= 0.6 is 18.5 Å². The van der Waals surface area contributed by atoms with E-state index >= 15 is 0 Å². The van der Waals surface area contributed by atoms with Gasteiger partial charge in [-0.05, 0) is 0 Å². The zero-order chi connectivity index (χ0) is 18.0. The number of hydrogen-bond acceptors (Lipinski definition) is 4. The normalized spacial score (nSPS) is 11.0. The number of rotatable bonds is 4. The fraction of sp³-hybridized carbons (Fsp3) is 0.538. The molecule has 4 unspecified atom stereocenters. The van der Waals surface area contributed by atoms with Crippen LogP contribution in [-0.4, -0.2) is 27.9 Å². The summed E-state index contributed by atoms with van der Waals surface area (Å²) in [6.07, 6.45) is 1.51. The van der Waals surface area contributed by atoms with Crippen LogP contribution in [0.25, 0.3) is 0 Å². The molecule has 136 valence electrons. The first-order valence-corrected chi connectivity index (χ1v) is 7.82. The summed E-state index contributed by atoms with van der Waals surface area (Å²) in [6, 6.07) is 0. The maximum atomic E-state index is 10.5. The van der Waals surface area contributed by atoms with E-state index in [1.165, 1.54) is 17.1 Å². The Morgan fingerprint density at radius 2 is 1.25 bits per heavy atom. The zero-order valence-corrected chi connectivity index (χ0v) is 27.2. The molecule has 0 aliphatic carbocycles. The second kappa shape index (κ2) is 37.4. The van der Waals surface area contributed by atoms with Crippen LogP contribution in [-0.2, 0) is 30.7 Å². The molecule has 5 atom stereocenters. The van der Waals surface area contributed by atoms with E-state index in [4.69, 9.17) is 10.4 Å². The molecule has 0 radical (unpaired) electrons. The molecule has 0 rings (SSSR count). The first-order chi connectivity index (χ1) is 9.81. The van der Waals surface area contributed by atoms with Gasteiger partial charge in [-0.3, -0.25) is 20.0 Å². The minimum Gasteiger partial charge on any atom is -0.360 e. The molecule has 0 saturated heterocycles. The minimum absolute atomic E-state index is 0. The van der Waals surface area contributed by atoms with Crippen molar-refractivity contribution in [2.75, 3.05) is 0 Å². The molecular formula is C13H30K2N2O4P2W-2. The largest absolute Gasteiger partial charge is 1.00 e. The van der Waals surface area contributed by atoms with E-state index in [-0.39, 0.29) is 129 Å². The van der Waals surface area contributed by atoms with Crippen LogP contribution in [0.4, 0.5) is 0 Å². The van der Waals surface area contributed by atoms with Crippen LogP contribution in [0.15, 0.2) is 0 Å². The third kappa shape index (κ3) is 33.3. The summed E-state index contributed by atoms with van der Waals surface area (Å²) in [4.78, 5) is 20.8. The molecule has 2 amide bonds. The van der Waals surface area contributed by atoms with Gasteiger partial charge in [-0.15, -0.1) is 5.92 Å². The zero-order valence-electron chi connectivity index (χ0n) is 15.7. The van der Waals surface area contributed by atoms with Gasteiger partial charge in [-0.25, -0.2) is 16.9 Å². The number of carbonyl (C=O) groups excluding carboxylic acids is 2. The Balaban J connectivity index is -0.0000000361. The summed E-state index contributed by atoms with van der Waals surface area (Å²) in [6.45, 7) is 18.4. The number of nitrogens with one attached hydrogen (secondary N) is 2. The Morgan fingerprint density at radius 3 is 1.33 bits per heavy atom. The van der Waals surface area contributed by atoms with Crippen LogP contribution in [0.2, 0.25) is 0 Å². The van der Waals surface area contributed by atoms with Crippen LogP contribution in [0.3, 0.4) is 0 Å². The molecule has 4 N–H and O–H groups in total. The van der Waals surface area contributed by atoms with Crippen molar-refractivity contribution in [3.8, 4) is 0 Å². The smallest absolute Gasteiger partial charge is 0.360 e. The van der Waals surface area contributed by atoms with E-state index in [9.17, 15) is 9.59 Å². The summed E-state index contributed by atoms with van der Waals surface area (Å²) in [5.74, 6) is -2.02. The molecule has 6 nitrogen and oxygen atoms in total. The van der Waals surface area contributed by atoms with Crippen molar-refractivity contribution in [2.45, 2.75) is 33.4 Å². The number of amides is 2. The molecule has 0 fully saturated rings. The molecule has 0 spiro atoms. The Bertz CT molecular complexity index is 258. The molecular weight excluding hydrogens is 572 g/mol. The number of hydroxylamine groups is 2. The van der Waals surface area contributed by atoms with Crippen LogP contribution in [0.1, 0.15) is 27.7 Å². The van der Waals surface area contributed by atoms with E-state index in [1.807, 2.05) is 27.7 Å². The third-order valence-corrected chi connectivity index (χ3v) is 2.57. The maximum Gasteiger partial charge on any atom is 1.00 e. The second-order valence-corrected chi connectivity index (χ2v) is 4.26. The predicted molar refractivity (Wildman–Crippen MR) is 93.1 cm³/mol. The SMILES string of the molecule is CC.CC.[CH2-]C(C(=O)NO)[C@H]([CH2-])P.[CH2-]C([CH-]P)C(=O)NO.[K+].[K+].[W]. The predicted octanol–water partition coefficient (Wildman–Crippen LogP) is -3.94. The third-order valence-electron chi connectivity index (χ3n) is 1.64. The van der Waals surface area contributed by atoms with Crippen molar-refractivity contribution in [1.29, 1.82) is 0 Å². The van der Waals surface area contributed by atoms with E-state index in [1.54, 1.807) is 0 Å². The van der Waals surface area contributed by atoms with E-state index in [0.717, 1.165) is 0 Å². The summed E-state index contributed by atoms with van der Waals surface area (Å²) in [5.41, 5.74) is 2.79. The van der Waals surface area contributed by atoms with Gasteiger partial charge in [0.05, 0.1) is 0 Å². The first-order valence-electron chi connectivity index (χ1n) is 6.49. The Kier molecular flexibility index (Phi) is 71.9. The van der Waals surface area contributed by atoms with Crippen molar-refractivity contribution in [3.05, 3.63) is 26.9 Å². The number of hydrogen-bond donors (Lipinski definition) is 4. The van der Waals surface area contributed by atoms with Gasteiger partial charge in [0.25, 0.3) is 0 Å². The van der Waals surface area contributed by atoms with Crippen LogP contribution in [0, 0.1) is 38.8 Å². The Morgan fingerprint density at radius 1 is 0.958 bits per heavy atom.